The first-order valence-electron chi connectivity index (χ1n) is 6.44. The molecule has 0 radical (unpaired) electrons. The van der Waals surface area contributed by atoms with Crippen molar-refractivity contribution in [1.82, 2.24) is 4.90 Å². The summed E-state index contributed by atoms with van der Waals surface area (Å²) in [5.41, 5.74) is 6.29. The summed E-state index contributed by atoms with van der Waals surface area (Å²) in [5, 5.41) is 0. The van der Waals surface area contributed by atoms with E-state index in [9.17, 15) is 9.18 Å². The highest BCUT2D eigenvalue weighted by atomic mass is 79.9. The summed E-state index contributed by atoms with van der Waals surface area (Å²) in [5.74, 6) is -0.578. The molecular formula is C14H18BrFN2O. The first-order valence-corrected chi connectivity index (χ1v) is 7.23. The van der Waals surface area contributed by atoms with Crippen LogP contribution in [0.1, 0.15) is 25.3 Å². The monoisotopic (exact) mass is 328 g/mol. The van der Waals surface area contributed by atoms with Crippen LogP contribution in [0, 0.1) is 11.7 Å². The predicted molar refractivity (Wildman–Crippen MR) is 75.9 cm³/mol. The summed E-state index contributed by atoms with van der Waals surface area (Å²) in [4.78, 5) is 13.5. The van der Waals surface area contributed by atoms with E-state index < -0.39 is 0 Å². The van der Waals surface area contributed by atoms with E-state index in [1.165, 1.54) is 12.1 Å². The number of rotatable bonds is 3. The molecule has 5 heteroatoms. The van der Waals surface area contributed by atoms with Crippen LogP contribution in [0.25, 0.3) is 0 Å². The average molecular weight is 329 g/mol. The third-order valence-electron chi connectivity index (χ3n) is 3.72. The predicted octanol–water partition coefficient (Wildman–Crippen LogP) is 2.67. The van der Waals surface area contributed by atoms with Gasteiger partial charge in [0.05, 0.1) is 5.92 Å². The Kier molecular flexibility index (Phi) is 4.58. The fraction of sp³-hybridized carbons (Fsp3) is 0.500. The van der Waals surface area contributed by atoms with Crippen LogP contribution in [-0.4, -0.2) is 23.4 Å². The van der Waals surface area contributed by atoms with Crippen LogP contribution < -0.4 is 5.73 Å². The molecule has 0 bridgehead atoms. The molecule has 104 valence electrons. The minimum atomic E-state index is -0.250. The summed E-state index contributed by atoms with van der Waals surface area (Å²) >= 11 is 3.30. The second-order valence-corrected chi connectivity index (χ2v) is 6.15. The number of benzene rings is 1. The number of amides is 1. The Bertz CT molecular complexity index is 460. The van der Waals surface area contributed by atoms with Gasteiger partial charge in [0.15, 0.2) is 0 Å². The van der Waals surface area contributed by atoms with E-state index >= 15 is 0 Å². The van der Waals surface area contributed by atoms with E-state index in [0.29, 0.717) is 19.1 Å². The Morgan fingerprint density at radius 2 is 2.21 bits per heavy atom. The van der Waals surface area contributed by atoms with Crippen molar-refractivity contribution in [1.29, 1.82) is 0 Å². The fourth-order valence-corrected chi connectivity index (χ4v) is 3.08. The van der Waals surface area contributed by atoms with Crippen LogP contribution >= 0.6 is 15.9 Å². The molecule has 1 aliphatic rings. The lowest BCUT2D eigenvalue weighted by molar-refractivity contribution is -0.124. The number of nitrogens with zero attached hydrogens (tertiary/aromatic N) is 1. The van der Waals surface area contributed by atoms with Gasteiger partial charge in [0.25, 0.3) is 0 Å². The van der Waals surface area contributed by atoms with Gasteiger partial charge in [-0.15, -0.1) is 0 Å². The molecule has 2 atom stereocenters. The van der Waals surface area contributed by atoms with Gasteiger partial charge in [0, 0.05) is 23.6 Å². The SMILES string of the molecule is CC1CCC(C(N)=O)CN1Cc1cc(F)cc(Br)c1. The summed E-state index contributed by atoms with van der Waals surface area (Å²) in [6.45, 7) is 3.43. The third-order valence-corrected chi connectivity index (χ3v) is 4.18. The van der Waals surface area contributed by atoms with Crippen LogP contribution in [0.4, 0.5) is 4.39 Å². The molecule has 2 N–H and O–H groups in total. The molecule has 1 aromatic carbocycles. The lowest BCUT2D eigenvalue weighted by Gasteiger charge is -2.36. The Hall–Kier alpha value is -0.940. The van der Waals surface area contributed by atoms with Gasteiger partial charge in [-0.05, 0) is 43.5 Å². The highest BCUT2D eigenvalue weighted by molar-refractivity contribution is 9.10. The second-order valence-electron chi connectivity index (χ2n) is 5.23. The van der Waals surface area contributed by atoms with Crippen molar-refractivity contribution >= 4 is 21.8 Å². The van der Waals surface area contributed by atoms with Gasteiger partial charge in [-0.3, -0.25) is 9.69 Å². The molecule has 0 aliphatic carbocycles. The van der Waals surface area contributed by atoms with Crippen molar-refractivity contribution < 1.29 is 9.18 Å². The zero-order valence-corrected chi connectivity index (χ0v) is 12.5. The van der Waals surface area contributed by atoms with Gasteiger partial charge >= 0.3 is 0 Å². The van der Waals surface area contributed by atoms with Crippen LogP contribution in [0.15, 0.2) is 22.7 Å². The number of hydrogen-bond acceptors (Lipinski definition) is 2. The van der Waals surface area contributed by atoms with Gasteiger partial charge in [-0.1, -0.05) is 15.9 Å². The number of carbonyl (C=O) groups is 1. The summed E-state index contributed by atoms with van der Waals surface area (Å²) in [7, 11) is 0. The standard InChI is InChI=1S/C14H18BrFN2O/c1-9-2-3-11(14(17)19)8-18(9)7-10-4-12(15)6-13(16)5-10/h4-6,9,11H,2-3,7-8H2,1H3,(H2,17,19). The molecule has 0 aromatic heterocycles. The van der Waals surface area contributed by atoms with Crippen LogP contribution in [0.5, 0.6) is 0 Å². The number of hydrogen-bond donors (Lipinski definition) is 1. The highest BCUT2D eigenvalue weighted by Crippen LogP contribution is 2.24. The van der Waals surface area contributed by atoms with Gasteiger partial charge in [-0.25, -0.2) is 4.39 Å². The van der Waals surface area contributed by atoms with Crippen LogP contribution in [-0.2, 0) is 11.3 Å². The molecule has 1 aromatic rings. The molecular weight excluding hydrogens is 311 g/mol. The lowest BCUT2D eigenvalue weighted by Crippen LogP contribution is -2.45. The molecule has 0 saturated carbocycles. The van der Waals surface area contributed by atoms with Crippen molar-refractivity contribution in [3.63, 3.8) is 0 Å². The molecule has 1 aliphatic heterocycles. The average Bonchev–Trinajstić information content (AvgIpc) is 2.30. The molecule has 2 rings (SSSR count). The summed E-state index contributed by atoms with van der Waals surface area (Å²) in [6.07, 6.45) is 1.80. The number of primary amides is 1. The lowest BCUT2D eigenvalue weighted by atomic mass is 9.92. The van der Waals surface area contributed by atoms with Crippen molar-refractivity contribution in [2.24, 2.45) is 11.7 Å². The first-order chi connectivity index (χ1) is 8.95. The summed E-state index contributed by atoms with van der Waals surface area (Å²) < 4.78 is 14.1. The molecule has 0 spiro atoms. The largest absolute Gasteiger partial charge is 0.369 e. The number of carbonyl (C=O) groups excluding carboxylic acids is 1. The zero-order valence-electron chi connectivity index (χ0n) is 10.9. The number of nitrogens with two attached hydrogens (primary N) is 1. The van der Waals surface area contributed by atoms with E-state index in [-0.39, 0.29) is 17.6 Å². The first kappa shape index (κ1) is 14.5. The highest BCUT2D eigenvalue weighted by Gasteiger charge is 2.28. The summed E-state index contributed by atoms with van der Waals surface area (Å²) in [6, 6.07) is 5.27. The maximum atomic E-state index is 13.4. The van der Waals surface area contributed by atoms with Crippen molar-refractivity contribution in [3.05, 3.63) is 34.1 Å². The topological polar surface area (TPSA) is 46.3 Å². The normalized spacial score (nSPS) is 24.4. The minimum absolute atomic E-state index is 0.0896. The number of likely N-dealkylation sites (tertiary alicyclic amines) is 1. The molecule has 19 heavy (non-hydrogen) atoms. The Morgan fingerprint density at radius 1 is 1.47 bits per heavy atom. The van der Waals surface area contributed by atoms with E-state index in [2.05, 4.69) is 27.8 Å². The van der Waals surface area contributed by atoms with Crippen LogP contribution in [0.2, 0.25) is 0 Å². The van der Waals surface area contributed by atoms with E-state index in [4.69, 9.17) is 5.73 Å². The van der Waals surface area contributed by atoms with Gasteiger partial charge < -0.3 is 5.73 Å². The van der Waals surface area contributed by atoms with Gasteiger partial charge in [0.2, 0.25) is 5.91 Å². The third kappa shape index (κ3) is 3.76. The second kappa shape index (κ2) is 6.01. The molecule has 1 fully saturated rings. The fourth-order valence-electron chi connectivity index (χ4n) is 2.57. The van der Waals surface area contributed by atoms with E-state index in [0.717, 1.165) is 22.9 Å². The Labute approximate surface area is 121 Å². The smallest absolute Gasteiger partial charge is 0.221 e. The van der Waals surface area contributed by atoms with E-state index in [1.54, 1.807) is 0 Å². The van der Waals surface area contributed by atoms with Crippen LogP contribution in [0.3, 0.4) is 0 Å². The maximum Gasteiger partial charge on any atom is 0.221 e. The van der Waals surface area contributed by atoms with Gasteiger partial charge in [-0.2, -0.15) is 0 Å². The molecule has 2 unspecified atom stereocenters. The number of halogens is 2. The van der Waals surface area contributed by atoms with Crippen molar-refractivity contribution in [2.75, 3.05) is 6.54 Å². The Balaban J connectivity index is 2.09. The van der Waals surface area contributed by atoms with E-state index in [1.807, 2.05) is 6.07 Å². The minimum Gasteiger partial charge on any atom is -0.369 e. The zero-order chi connectivity index (χ0) is 14.0. The molecule has 1 amide bonds. The van der Waals surface area contributed by atoms with Crippen molar-refractivity contribution in [3.8, 4) is 0 Å². The van der Waals surface area contributed by atoms with Crippen molar-refractivity contribution in [2.45, 2.75) is 32.4 Å². The number of piperidine rings is 1. The molecule has 1 saturated heterocycles. The quantitative estimate of drug-likeness (QED) is 0.927. The maximum absolute atomic E-state index is 13.4. The Morgan fingerprint density at radius 3 is 2.84 bits per heavy atom. The molecule has 3 nitrogen and oxygen atoms in total. The molecule has 1 heterocycles. The van der Waals surface area contributed by atoms with Gasteiger partial charge in [0.1, 0.15) is 5.82 Å².